The van der Waals surface area contributed by atoms with Crippen LogP contribution < -0.4 is 5.73 Å². The van der Waals surface area contributed by atoms with Gasteiger partial charge < -0.3 is 10.5 Å². The summed E-state index contributed by atoms with van der Waals surface area (Å²) in [5.41, 5.74) is 5.18. The fraction of sp³-hybridized carbons (Fsp3) is 0.875. The van der Waals surface area contributed by atoms with Crippen molar-refractivity contribution in [2.24, 2.45) is 23.5 Å². The highest BCUT2D eigenvalue weighted by molar-refractivity contribution is 5.79. The number of amides is 1. The number of primary amides is 1. The predicted molar refractivity (Wildman–Crippen MR) is 39.7 cm³/mol. The van der Waals surface area contributed by atoms with E-state index in [0.29, 0.717) is 11.8 Å². The molecule has 2 fully saturated rings. The molecule has 1 aliphatic carbocycles. The Balaban J connectivity index is 1.85. The quantitative estimate of drug-likeness (QED) is 0.617. The van der Waals surface area contributed by atoms with Gasteiger partial charge in [0.05, 0.1) is 0 Å². The molecule has 2 aliphatic rings. The van der Waals surface area contributed by atoms with Crippen LogP contribution in [0.2, 0.25) is 0 Å². The van der Waals surface area contributed by atoms with Gasteiger partial charge in [0.25, 0.3) is 0 Å². The second-order valence-corrected chi connectivity index (χ2v) is 3.53. The van der Waals surface area contributed by atoms with E-state index in [1.807, 2.05) is 0 Å². The third-order valence-electron chi connectivity index (χ3n) is 2.78. The van der Waals surface area contributed by atoms with E-state index in [9.17, 15) is 4.79 Å². The summed E-state index contributed by atoms with van der Waals surface area (Å²) in [5.74, 6) is 1.21. The number of rotatable bonds is 2. The van der Waals surface area contributed by atoms with Gasteiger partial charge in [0, 0.05) is 19.1 Å². The Morgan fingerprint density at radius 1 is 1.55 bits per heavy atom. The number of carbonyl (C=O) groups is 1. The van der Waals surface area contributed by atoms with E-state index in [1.54, 1.807) is 0 Å². The molecule has 0 aromatic rings. The molecule has 1 saturated heterocycles. The van der Waals surface area contributed by atoms with Crippen LogP contribution in [-0.2, 0) is 9.53 Å². The van der Waals surface area contributed by atoms with E-state index in [4.69, 9.17) is 10.5 Å². The first kappa shape index (κ1) is 7.10. The van der Waals surface area contributed by atoms with Gasteiger partial charge in [-0.15, -0.1) is 0 Å². The van der Waals surface area contributed by atoms with Gasteiger partial charge in [-0.1, -0.05) is 0 Å². The molecule has 3 unspecified atom stereocenters. The molecule has 1 saturated carbocycles. The molecule has 62 valence electrons. The molecule has 0 aromatic carbocycles. The summed E-state index contributed by atoms with van der Waals surface area (Å²) in [6, 6.07) is 0. The normalized spacial score (nSPS) is 42.4. The van der Waals surface area contributed by atoms with Gasteiger partial charge in [-0.05, 0) is 24.7 Å². The van der Waals surface area contributed by atoms with Gasteiger partial charge >= 0.3 is 0 Å². The van der Waals surface area contributed by atoms with Crippen molar-refractivity contribution < 1.29 is 9.53 Å². The zero-order chi connectivity index (χ0) is 7.84. The lowest BCUT2D eigenvalue weighted by Crippen LogP contribution is -2.16. The molecule has 1 amide bonds. The van der Waals surface area contributed by atoms with Crippen LogP contribution in [0.25, 0.3) is 0 Å². The summed E-state index contributed by atoms with van der Waals surface area (Å²) in [6.45, 7) is 1.71. The minimum atomic E-state index is -0.123. The summed E-state index contributed by atoms with van der Waals surface area (Å²) >= 11 is 0. The molecule has 2 rings (SSSR count). The number of carbonyl (C=O) groups excluding carboxylic acids is 1. The molecule has 0 aromatic heterocycles. The second kappa shape index (κ2) is 2.48. The van der Waals surface area contributed by atoms with Gasteiger partial charge in [-0.25, -0.2) is 0 Å². The first-order chi connectivity index (χ1) is 5.29. The molecule has 1 aliphatic heterocycles. The highest BCUT2D eigenvalue weighted by Gasteiger charge is 2.47. The first-order valence-electron chi connectivity index (χ1n) is 4.16. The van der Waals surface area contributed by atoms with Crippen LogP contribution in [0.4, 0.5) is 0 Å². The van der Waals surface area contributed by atoms with Crippen LogP contribution >= 0.6 is 0 Å². The van der Waals surface area contributed by atoms with Gasteiger partial charge in [-0.3, -0.25) is 4.79 Å². The Hall–Kier alpha value is -0.570. The van der Waals surface area contributed by atoms with Crippen molar-refractivity contribution in [3.63, 3.8) is 0 Å². The summed E-state index contributed by atoms with van der Waals surface area (Å²) in [4.78, 5) is 10.7. The van der Waals surface area contributed by atoms with Gasteiger partial charge in [0.15, 0.2) is 0 Å². The molecule has 2 N–H and O–H groups in total. The first-order valence-corrected chi connectivity index (χ1v) is 4.16. The average Bonchev–Trinajstić information content (AvgIpc) is 2.60. The van der Waals surface area contributed by atoms with E-state index >= 15 is 0 Å². The van der Waals surface area contributed by atoms with Crippen LogP contribution in [-0.4, -0.2) is 19.1 Å². The van der Waals surface area contributed by atoms with Crippen molar-refractivity contribution >= 4 is 5.91 Å². The van der Waals surface area contributed by atoms with Crippen LogP contribution in [0, 0.1) is 17.8 Å². The Morgan fingerprint density at radius 2 is 2.36 bits per heavy atom. The van der Waals surface area contributed by atoms with Gasteiger partial charge in [0.1, 0.15) is 0 Å². The fourth-order valence-electron chi connectivity index (χ4n) is 1.95. The molecule has 1 heterocycles. The Kier molecular flexibility index (Phi) is 1.60. The van der Waals surface area contributed by atoms with Crippen molar-refractivity contribution in [3.05, 3.63) is 0 Å². The number of nitrogens with two attached hydrogens (primary N) is 1. The van der Waals surface area contributed by atoms with Crippen LogP contribution in [0.3, 0.4) is 0 Å². The molecular weight excluding hydrogens is 142 g/mol. The highest BCUT2D eigenvalue weighted by Crippen LogP contribution is 2.46. The second-order valence-electron chi connectivity index (χ2n) is 3.53. The SMILES string of the molecule is NC(=O)C1CC1C1CCOC1. The van der Waals surface area contributed by atoms with E-state index < -0.39 is 0 Å². The van der Waals surface area contributed by atoms with E-state index in [-0.39, 0.29) is 11.8 Å². The third-order valence-corrected chi connectivity index (χ3v) is 2.78. The van der Waals surface area contributed by atoms with Crippen molar-refractivity contribution in [1.82, 2.24) is 0 Å². The lowest BCUT2D eigenvalue weighted by atomic mass is 10.0. The maximum Gasteiger partial charge on any atom is 0.220 e. The largest absolute Gasteiger partial charge is 0.381 e. The Morgan fingerprint density at radius 3 is 2.82 bits per heavy atom. The lowest BCUT2D eigenvalue weighted by molar-refractivity contribution is -0.119. The van der Waals surface area contributed by atoms with Crippen molar-refractivity contribution in [1.29, 1.82) is 0 Å². The number of hydrogen-bond acceptors (Lipinski definition) is 2. The van der Waals surface area contributed by atoms with Crippen LogP contribution in [0.5, 0.6) is 0 Å². The lowest BCUT2D eigenvalue weighted by Gasteiger charge is -2.03. The topological polar surface area (TPSA) is 52.3 Å². The maximum absolute atomic E-state index is 10.7. The average molecular weight is 155 g/mol. The summed E-state index contributed by atoms with van der Waals surface area (Å²) in [6.07, 6.45) is 2.12. The zero-order valence-electron chi connectivity index (χ0n) is 6.45. The fourth-order valence-corrected chi connectivity index (χ4v) is 1.95. The van der Waals surface area contributed by atoms with Crippen molar-refractivity contribution in [3.8, 4) is 0 Å². The van der Waals surface area contributed by atoms with Gasteiger partial charge in [0.2, 0.25) is 5.91 Å². The van der Waals surface area contributed by atoms with Crippen LogP contribution in [0.15, 0.2) is 0 Å². The molecule has 11 heavy (non-hydrogen) atoms. The zero-order valence-corrected chi connectivity index (χ0v) is 6.45. The third kappa shape index (κ3) is 1.25. The molecule has 3 nitrogen and oxygen atoms in total. The van der Waals surface area contributed by atoms with Crippen LogP contribution in [0.1, 0.15) is 12.8 Å². The molecule has 3 atom stereocenters. The summed E-state index contributed by atoms with van der Waals surface area (Å²) in [5, 5.41) is 0. The minimum Gasteiger partial charge on any atom is -0.381 e. The van der Waals surface area contributed by atoms with Crippen molar-refractivity contribution in [2.45, 2.75) is 12.8 Å². The molecule has 0 spiro atoms. The van der Waals surface area contributed by atoms with E-state index in [0.717, 1.165) is 26.1 Å². The number of ether oxygens (including phenoxy) is 1. The monoisotopic (exact) mass is 155 g/mol. The summed E-state index contributed by atoms with van der Waals surface area (Å²) in [7, 11) is 0. The predicted octanol–water partition coefficient (Wildman–Crippen LogP) is 0.144. The smallest absolute Gasteiger partial charge is 0.220 e. The highest BCUT2D eigenvalue weighted by atomic mass is 16.5. The van der Waals surface area contributed by atoms with Gasteiger partial charge in [-0.2, -0.15) is 0 Å². The standard InChI is InChI=1S/C8H13NO2/c9-8(10)7-3-6(7)5-1-2-11-4-5/h5-7H,1-4H2,(H2,9,10). The maximum atomic E-state index is 10.7. The molecule has 3 heteroatoms. The number of hydrogen-bond donors (Lipinski definition) is 1. The van der Waals surface area contributed by atoms with E-state index in [1.165, 1.54) is 0 Å². The van der Waals surface area contributed by atoms with E-state index in [2.05, 4.69) is 0 Å². The van der Waals surface area contributed by atoms with Crippen molar-refractivity contribution in [2.75, 3.05) is 13.2 Å². The minimum absolute atomic E-state index is 0.123. The molecule has 0 radical (unpaired) electrons. The molecular formula is C8H13NO2. The summed E-state index contributed by atoms with van der Waals surface area (Å²) < 4.78 is 5.23. The Labute approximate surface area is 65.9 Å². The Bertz CT molecular complexity index is 175. The molecule has 0 bridgehead atoms.